The molecule has 7 heteroatoms. The summed E-state index contributed by atoms with van der Waals surface area (Å²) in [5, 5.41) is 16.5. The summed E-state index contributed by atoms with van der Waals surface area (Å²) >= 11 is 0. The first-order valence-electron chi connectivity index (χ1n) is 10.1. The number of nitrogens with zero attached hydrogens (tertiary/aromatic N) is 4. The lowest BCUT2D eigenvalue weighted by atomic mass is 10.1. The zero-order valence-electron chi connectivity index (χ0n) is 17.7. The first-order chi connectivity index (χ1) is 15.5. The minimum absolute atomic E-state index is 0.146. The minimum atomic E-state index is -0.435. The van der Waals surface area contributed by atoms with Gasteiger partial charge < -0.3 is 0 Å². The van der Waals surface area contributed by atoms with Gasteiger partial charge in [-0.2, -0.15) is 5.10 Å². The molecule has 7 nitrogen and oxygen atoms in total. The van der Waals surface area contributed by atoms with E-state index in [1.807, 2.05) is 74.5 Å². The summed E-state index contributed by atoms with van der Waals surface area (Å²) in [7, 11) is 0. The number of benzene rings is 3. The summed E-state index contributed by atoms with van der Waals surface area (Å²) in [6, 6.07) is 26.1. The Bertz CT molecular complexity index is 1210. The van der Waals surface area contributed by atoms with Crippen LogP contribution in [0.3, 0.4) is 0 Å². The van der Waals surface area contributed by atoms with Gasteiger partial charge in [0.05, 0.1) is 10.6 Å². The number of hydrogen-bond donors (Lipinski definition) is 1. The SMILES string of the molecule is C/C(=N/Nc1nc(-c2ccccc2)c([N+](=O)[O-])c(-c2ccccc2)n1)c1ccc(C)cc1. The molecule has 0 atom stereocenters. The Morgan fingerprint density at radius 3 is 1.81 bits per heavy atom. The maximum atomic E-state index is 12.1. The van der Waals surface area contributed by atoms with Crippen LogP contribution in [-0.2, 0) is 0 Å². The Morgan fingerprint density at radius 2 is 1.34 bits per heavy atom. The molecule has 0 saturated heterocycles. The monoisotopic (exact) mass is 423 g/mol. The van der Waals surface area contributed by atoms with Crippen molar-refractivity contribution in [3.63, 3.8) is 0 Å². The molecule has 0 unspecified atom stereocenters. The van der Waals surface area contributed by atoms with Gasteiger partial charge in [0.15, 0.2) is 11.4 Å². The summed E-state index contributed by atoms with van der Waals surface area (Å²) in [4.78, 5) is 20.5. The zero-order valence-corrected chi connectivity index (χ0v) is 17.7. The van der Waals surface area contributed by atoms with Crippen molar-refractivity contribution in [1.82, 2.24) is 9.97 Å². The van der Waals surface area contributed by atoms with Gasteiger partial charge in [-0.3, -0.25) is 10.1 Å². The zero-order chi connectivity index (χ0) is 22.5. The molecule has 1 heterocycles. The van der Waals surface area contributed by atoms with Gasteiger partial charge in [-0.25, -0.2) is 15.4 Å². The molecule has 0 saturated carbocycles. The first kappa shape index (κ1) is 20.9. The predicted molar refractivity (Wildman–Crippen MR) is 127 cm³/mol. The quantitative estimate of drug-likeness (QED) is 0.238. The Kier molecular flexibility index (Phi) is 5.98. The van der Waals surface area contributed by atoms with Crippen molar-refractivity contribution in [2.45, 2.75) is 13.8 Å². The van der Waals surface area contributed by atoms with E-state index in [-0.39, 0.29) is 23.0 Å². The van der Waals surface area contributed by atoms with E-state index in [1.54, 1.807) is 24.3 Å². The van der Waals surface area contributed by atoms with Crippen molar-refractivity contribution >= 4 is 17.3 Å². The highest BCUT2D eigenvalue weighted by atomic mass is 16.6. The molecule has 0 aliphatic carbocycles. The van der Waals surface area contributed by atoms with Crippen LogP contribution in [0.4, 0.5) is 11.6 Å². The van der Waals surface area contributed by atoms with Crippen molar-refractivity contribution < 1.29 is 4.92 Å². The standard InChI is InChI=1S/C25H21N5O2/c1-17-13-15-19(16-14-17)18(2)28-29-25-26-22(20-9-5-3-6-10-20)24(30(31)32)23(27-25)21-11-7-4-8-12-21/h3-16H,1-2H3,(H,26,27,29)/b28-18-. The summed E-state index contributed by atoms with van der Waals surface area (Å²) < 4.78 is 0. The van der Waals surface area contributed by atoms with Gasteiger partial charge in [0.2, 0.25) is 5.95 Å². The molecule has 0 radical (unpaired) electrons. The molecule has 4 rings (SSSR count). The maximum absolute atomic E-state index is 12.1. The third-order valence-electron chi connectivity index (χ3n) is 4.95. The van der Waals surface area contributed by atoms with Gasteiger partial charge >= 0.3 is 5.69 Å². The van der Waals surface area contributed by atoms with E-state index in [0.29, 0.717) is 11.1 Å². The molecule has 1 N–H and O–H groups in total. The van der Waals surface area contributed by atoms with E-state index in [2.05, 4.69) is 20.5 Å². The van der Waals surface area contributed by atoms with Crippen LogP contribution in [0.2, 0.25) is 0 Å². The first-order valence-corrected chi connectivity index (χ1v) is 10.1. The number of aromatic nitrogens is 2. The summed E-state index contributed by atoms with van der Waals surface area (Å²) in [6.45, 7) is 3.90. The van der Waals surface area contributed by atoms with E-state index in [1.165, 1.54) is 0 Å². The lowest BCUT2D eigenvalue weighted by Gasteiger charge is -2.10. The molecular formula is C25H21N5O2. The molecule has 3 aromatic carbocycles. The number of nitrogens with one attached hydrogen (secondary N) is 1. The van der Waals surface area contributed by atoms with Gasteiger partial charge in [-0.15, -0.1) is 0 Å². The third-order valence-corrected chi connectivity index (χ3v) is 4.95. The van der Waals surface area contributed by atoms with Crippen molar-refractivity contribution in [1.29, 1.82) is 0 Å². The van der Waals surface area contributed by atoms with Gasteiger partial charge in [-0.1, -0.05) is 90.5 Å². The molecule has 0 bridgehead atoms. The molecule has 4 aromatic rings. The Balaban J connectivity index is 1.83. The van der Waals surface area contributed by atoms with Crippen LogP contribution in [-0.4, -0.2) is 20.6 Å². The van der Waals surface area contributed by atoms with Crippen LogP contribution in [0.5, 0.6) is 0 Å². The smallest absolute Gasteiger partial charge is 0.258 e. The molecule has 0 aliphatic rings. The predicted octanol–water partition coefficient (Wildman–Crippen LogP) is 5.86. The number of hydrazone groups is 1. The lowest BCUT2D eigenvalue weighted by Crippen LogP contribution is -2.07. The highest BCUT2D eigenvalue weighted by Crippen LogP contribution is 2.37. The van der Waals surface area contributed by atoms with Crippen LogP contribution < -0.4 is 5.43 Å². The van der Waals surface area contributed by atoms with Crippen LogP contribution in [0.15, 0.2) is 90.0 Å². The maximum Gasteiger partial charge on any atom is 0.321 e. The number of hydrogen-bond acceptors (Lipinski definition) is 6. The molecule has 0 fully saturated rings. The number of nitro groups is 1. The van der Waals surface area contributed by atoms with Crippen LogP contribution in [0, 0.1) is 17.0 Å². The summed E-state index contributed by atoms with van der Waals surface area (Å²) in [5.41, 5.74) is 7.32. The van der Waals surface area contributed by atoms with E-state index in [0.717, 1.165) is 16.8 Å². The van der Waals surface area contributed by atoms with E-state index in [4.69, 9.17) is 0 Å². The van der Waals surface area contributed by atoms with Crippen molar-refractivity contribution in [3.8, 4) is 22.5 Å². The largest absolute Gasteiger partial charge is 0.321 e. The van der Waals surface area contributed by atoms with E-state index >= 15 is 0 Å². The Hall–Kier alpha value is -4.39. The van der Waals surface area contributed by atoms with Crippen LogP contribution >= 0.6 is 0 Å². The summed E-state index contributed by atoms with van der Waals surface area (Å²) in [6.07, 6.45) is 0. The molecule has 0 amide bonds. The average molecular weight is 423 g/mol. The topological polar surface area (TPSA) is 93.3 Å². The summed E-state index contributed by atoms with van der Waals surface area (Å²) in [5.74, 6) is 0.180. The fourth-order valence-corrected chi connectivity index (χ4v) is 3.27. The van der Waals surface area contributed by atoms with Crippen LogP contribution in [0.25, 0.3) is 22.5 Å². The molecule has 0 spiro atoms. The van der Waals surface area contributed by atoms with Gasteiger partial charge in [-0.05, 0) is 19.4 Å². The molecular weight excluding hydrogens is 402 g/mol. The molecule has 1 aromatic heterocycles. The number of aryl methyl sites for hydroxylation is 1. The van der Waals surface area contributed by atoms with Crippen LogP contribution in [0.1, 0.15) is 18.1 Å². The molecule has 158 valence electrons. The fraction of sp³-hybridized carbons (Fsp3) is 0.0800. The molecule has 0 aliphatic heterocycles. The van der Waals surface area contributed by atoms with Crippen molar-refractivity contribution in [2.24, 2.45) is 5.10 Å². The van der Waals surface area contributed by atoms with E-state index < -0.39 is 4.92 Å². The second-order valence-electron chi connectivity index (χ2n) is 7.26. The lowest BCUT2D eigenvalue weighted by molar-refractivity contribution is -0.383. The van der Waals surface area contributed by atoms with Gasteiger partial charge in [0.1, 0.15) is 0 Å². The van der Waals surface area contributed by atoms with Crippen molar-refractivity contribution in [2.75, 3.05) is 5.43 Å². The van der Waals surface area contributed by atoms with Gasteiger partial charge in [0, 0.05) is 11.1 Å². The molecule has 32 heavy (non-hydrogen) atoms. The normalized spacial score (nSPS) is 11.2. The number of anilines is 1. The Labute approximate surface area is 185 Å². The highest BCUT2D eigenvalue weighted by Gasteiger charge is 2.26. The second-order valence-corrected chi connectivity index (χ2v) is 7.26. The average Bonchev–Trinajstić information content (AvgIpc) is 2.83. The Morgan fingerprint density at radius 1 is 0.844 bits per heavy atom. The minimum Gasteiger partial charge on any atom is -0.258 e. The fourth-order valence-electron chi connectivity index (χ4n) is 3.27. The number of rotatable bonds is 6. The third kappa shape index (κ3) is 4.52. The van der Waals surface area contributed by atoms with E-state index in [9.17, 15) is 10.1 Å². The highest BCUT2D eigenvalue weighted by molar-refractivity contribution is 5.99. The van der Waals surface area contributed by atoms with Gasteiger partial charge in [0.25, 0.3) is 0 Å². The second kappa shape index (κ2) is 9.18. The van der Waals surface area contributed by atoms with Crippen molar-refractivity contribution in [3.05, 3.63) is 106 Å².